The standard InChI is InChI=1S/C54H101NO5/c1-4-7-10-13-16-19-22-25-26-27-29-31-34-37-40-43-46-52(57)51(49-56)55-53(58)48-50(45-42-39-36-33-30-28-23-20-17-14-11-8-5-2)60-54(59)47-44-41-38-35-32-24-21-18-15-12-9-6-3/h17-18,20-21,23,28,50-52,56-57H,4-16,19,22,24-27,29-49H2,1-3H3,(H,55,58)/b20-17+,21-18-,28-23+. The van der Waals surface area contributed by atoms with E-state index in [4.69, 9.17) is 4.74 Å². The van der Waals surface area contributed by atoms with Crippen molar-refractivity contribution < 1.29 is 24.5 Å². The fourth-order valence-corrected chi connectivity index (χ4v) is 7.95. The van der Waals surface area contributed by atoms with Crippen molar-refractivity contribution in [2.45, 2.75) is 289 Å². The van der Waals surface area contributed by atoms with Gasteiger partial charge in [0.2, 0.25) is 5.91 Å². The van der Waals surface area contributed by atoms with Gasteiger partial charge in [-0.3, -0.25) is 9.59 Å². The van der Waals surface area contributed by atoms with Gasteiger partial charge in [0.15, 0.2) is 0 Å². The van der Waals surface area contributed by atoms with E-state index in [-0.39, 0.29) is 24.9 Å². The normalized spacial score (nSPS) is 13.5. The minimum absolute atomic E-state index is 0.0628. The number of amides is 1. The summed E-state index contributed by atoms with van der Waals surface area (Å²) in [6.07, 6.45) is 56.3. The number of allylic oxidation sites excluding steroid dienone is 6. The van der Waals surface area contributed by atoms with Crippen molar-refractivity contribution in [1.29, 1.82) is 0 Å². The highest BCUT2D eigenvalue weighted by atomic mass is 16.5. The van der Waals surface area contributed by atoms with Gasteiger partial charge in [-0.1, -0.05) is 218 Å². The van der Waals surface area contributed by atoms with Gasteiger partial charge in [0.05, 0.1) is 25.2 Å². The maximum atomic E-state index is 13.2. The Hall–Kier alpha value is -1.92. The van der Waals surface area contributed by atoms with Crippen molar-refractivity contribution in [1.82, 2.24) is 5.32 Å². The second-order valence-electron chi connectivity index (χ2n) is 17.9. The SMILES string of the molecule is CCCCC/C=C\CCCCCCCC(=O)OC(CCCCCC/C=C/C=C/CCCCC)CC(=O)NC(CO)C(O)CCCCCCCCCCCCCCCCCC. The third kappa shape index (κ3) is 42.8. The minimum Gasteiger partial charge on any atom is -0.462 e. The van der Waals surface area contributed by atoms with Gasteiger partial charge in [-0.15, -0.1) is 0 Å². The third-order valence-electron chi connectivity index (χ3n) is 12.0. The molecule has 3 N–H and O–H groups in total. The van der Waals surface area contributed by atoms with Gasteiger partial charge >= 0.3 is 5.97 Å². The summed E-state index contributed by atoms with van der Waals surface area (Å²) in [6.45, 7) is 6.44. The Bertz CT molecular complexity index is 993. The first-order chi connectivity index (χ1) is 29.5. The molecule has 0 aromatic rings. The van der Waals surface area contributed by atoms with Gasteiger partial charge in [-0.25, -0.2) is 0 Å². The number of hydrogen-bond donors (Lipinski definition) is 3. The molecule has 0 bridgehead atoms. The maximum absolute atomic E-state index is 13.2. The summed E-state index contributed by atoms with van der Waals surface area (Å²) in [5, 5.41) is 23.8. The summed E-state index contributed by atoms with van der Waals surface area (Å²) >= 11 is 0. The average molecular weight is 844 g/mol. The fourth-order valence-electron chi connectivity index (χ4n) is 7.95. The van der Waals surface area contributed by atoms with Gasteiger partial charge in [-0.05, 0) is 77.0 Å². The second-order valence-corrected chi connectivity index (χ2v) is 17.9. The summed E-state index contributed by atoms with van der Waals surface area (Å²) in [5.74, 6) is -0.497. The Kier molecular flexibility index (Phi) is 46.6. The number of aliphatic hydroxyl groups excluding tert-OH is 2. The summed E-state index contributed by atoms with van der Waals surface area (Å²) in [6, 6.07) is -0.707. The molecule has 60 heavy (non-hydrogen) atoms. The van der Waals surface area contributed by atoms with E-state index in [0.717, 1.165) is 83.5 Å². The molecule has 0 radical (unpaired) electrons. The van der Waals surface area contributed by atoms with Crippen molar-refractivity contribution >= 4 is 11.9 Å². The molecule has 0 aliphatic carbocycles. The Labute approximate surface area is 373 Å². The van der Waals surface area contributed by atoms with E-state index in [1.54, 1.807) is 0 Å². The lowest BCUT2D eigenvalue weighted by atomic mass is 10.0. The largest absolute Gasteiger partial charge is 0.462 e. The second kappa shape index (κ2) is 48.1. The monoisotopic (exact) mass is 844 g/mol. The first-order valence-electron chi connectivity index (χ1n) is 26.2. The Morgan fingerprint density at radius 1 is 0.483 bits per heavy atom. The highest BCUT2D eigenvalue weighted by Gasteiger charge is 2.24. The van der Waals surface area contributed by atoms with Crippen LogP contribution in [0.3, 0.4) is 0 Å². The smallest absolute Gasteiger partial charge is 0.306 e. The molecule has 352 valence electrons. The third-order valence-corrected chi connectivity index (χ3v) is 12.0. The number of carbonyl (C=O) groups excluding carboxylic acids is 2. The number of carbonyl (C=O) groups is 2. The quantitative estimate of drug-likeness (QED) is 0.0245. The van der Waals surface area contributed by atoms with Gasteiger partial charge in [0.25, 0.3) is 0 Å². The molecular weight excluding hydrogens is 743 g/mol. The van der Waals surface area contributed by atoms with Crippen LogP contribution in [0.15, 0.2) is 36.5 Å². The molecule has 0 fully saturated rings. The average Bonchev–Trinajstić information content (AvgIpc) is 3.24. The summed E-state index contributed by atoms with van der Waals surface area (Å²) < 4.78 is 5.91. The van der Waals surface area contributed by atoms with E-state index in [2.05, 4.69) is 62.5 Å². The zero-order chi connectivity index (χ0) is 43.8. The predicted molar refractivity (Wildman–Crippen MR) is 259 cm³/mol. The van der Waals surface area contributed by atoms with E-state index in [9.17, 15) is 19.8 Å². The molecular formula is C54H101NO5. The van der Waals surface area contributed by atoms with Gasteiger partial charge in [-0.2, -0.15) is 0 Å². The van der Waals surface area contributed by atoms with Crippen molar-refractivity contribution in [2.24, 2.45) is 0 Å². The number of esters is 1. The first kappa shape index (κ1) is 58.1. The molecule has 3 atom stereocenters. The molecule has 0 aliphatic rings. The highest BCUT2D eigenvalue weighted by molar-refractivity contribution is 5.77. The molecule has 0 saturated carbocycles. The maximum Gasteiger partial charge on any atom is 0.306 e. The lowest BCUT2D eigenvalue weighted by Crippen LogP contribution is -2.46. The topological polar surface area (TPSA) is 95.9 Å². The van der Waals surface area contributed by atoms with Crippen LogP contribution in [0.1, 0.15) is 271 Å². The van der Waals surface area contributed by atoms with Crippen molar-refractivity contribution in [2.75, 3.05) is 6.61 Å². The van der Waals surface area contributed by atoms with E-state index >= 15 is 0 Å². The Morgan fingerprint density at radius 2 is 0.850 bits per heavy atom. The van der Waals surface area contributed by atoms with Crippen molar-refractivity contribution in [3.8, 4) is 0 Å². The summed E-state index contributed by atoms with van der Waals surface area (Å²) in [7, 11) is 0. The zero-order valence-corrected chi connectivity index (χ0v) is 40.1. The van der Waals surface area contributed by atoms with E-state index in [1.807, 2.05) is 0 Å². The van der Waals surface area contributed by atoms with Crippen LogP contribution in [-0.2, 0) is 14.3 Å². The van der Waals surface area contributed by atoms with Crippen LogP contribution in [0.5, 0.6) is 0 Å². The van der Waals surface area contributed by atoms with Crippen LogP contribution < -0.4 is 5.32 Å². The molecule has 0 rings (SSSR count). The van der Waals surface area contributed by atoms with Crippen LogP contribution in [-0.4, -0.2) is 46.9 Å². The predicted octanol–water partition coefficient (Wildman–Crippen LogP) is 15.7. The molecule has 0 aliphatic heterocycles. The van der Waals surface area contributed by atoms with Crippen LogP contribution in [0, 0.1) is 0 Å². The van der Waals surface area contributed by atoms with E-state index in [1.165, 1.54) is 141 Å². The van der Waals surface area contributed by atoms with E-state index < -0.39 is 18.2 Å². The fraction of sp³-hybridized carbons (Fsp3) is 0.852. The van der Waals surface area contributed by atoms with Gasteiger partial charge < -0.3 is 20.3 Å². The zero-order valence-electron chi connectivity index (χ0n) is 40.1. The summed E-state index contributed by atoms with van der Waals surface area (Å²) in [4.78, 5) is 26.1. The first-order valence-corrected chi connectivity index (χ1v) is 26.2. The van der Waals surface area contributed by atoms with Crippen molar-refractivity contribution in [3.05, 3.63) is 36.5 Å². The molecule has 0 heterocycles. The van der Waals surface area contributed by atoms with Crippen molar-refractivity contribution in [3.63, 3.8) is 0 Å². The molecule has 6 nitrogen and oxygen atoms in total. The molecule has 0 spiro atoms. The lowest BCUT2D eigenvalue weighted by Gasteiger charge is -2.24. The molecule has 0 aromatic heterocycles. The Morgan fingerprint density at radius 3 is 1.32 bits per heavy atom. The molecule has 1 amide bonds. The van der Waals surface area contributed by atoms with E-state index in [0.29, 0.717) is 19.3 Å². The Balaban J connectivity index is 4.55. The van der Waals surface area contributed by atoms with Crippen LogP contribution in [0.25, 0.3) is 0 Å². The lowest BCUT2D eigenvalue weighted by molar-refractivity contribution is -0.151. The minimum atomic E-state index is -0.793. The number of hydrogen-bond acceptors (Lipinski definition) is 5. The number of ether oxygens (including phenoxy) is 1. The van der Waals surface area contributed by atoms with Gasteiger partial charge in [0.1, 0.15) is 6.10 Å². The highest BCUT2D eigenvalue weighted by Crippen LogP contribution is 2.18. The molecule has 0 aromatic carbocycles. The van der Waals surface area contributed by atoms with Crippen LogP contribution in [0.2, 0.25) is 0 Å². The number of nitrogens with one attached hydrogen (secondary N) is 1. The van der Waals surface area contributed by atoms with Gasteiger partial charge in [0, 0.05) is 6.42 Å². The number of aliphatic hydroxyl groups is 2. The number of rotatable bonds is 47. The number of unbranched alkanes of at least 4 members (excludes halogenated alkanes) is 30. The molecule has 6 heteroatoms. The summed E-state index contributed by atoms with van der Waals surface area (Å²) in [5.41, 5.74) is 0. The van der Waals surface area contributed by atoms with Crippen LogP contribution >= 0.6 is 0 Å². The molecule has 0 saturated heterocycles. The van der Waals surface area contributed by atoms with Crippen LogP contribution in [0.4, 0.5) is 0 Å². The molecule has 3 unspecified atom stereocenters.